The van der Waals surface area contributed by atoms with E-state index in [1.54, 1.807) is 0 Å². The number of hydrogen-bond acceptors (Lipinski definition) is 2. The van der Waals surface area contributed by atoms with E-state index in [-0.39, 0.29) is 24.2 Å². The lowest BCUT2D eigenvalue weighted by molar-refractivity contribution is -0.169. The van der Waals surface area contributed by atoms with Gasteiger partial charge in [0.1, 0.15) is 6.10 Å². The van der Waals surface area contributed by atoms with Crippen molar-refractivity contribution in [1.29, 1.82) is 0 Å². The van der Waals surface area contributed by atoms with Gasteiger partial charge in [0.2, 0.25) is 0 Å². The summed E-state index contributed by atoms with van der Waals surface area (Å²) in [7, 11) is 0. The zero-order valence-electron chi connectivity index (χ0n) is 9.10. The minimum atomic E-state index is -4.16. The molecule has 6 heteroatoms. The molecule has 96 valence electrons. The summed E-state index contributed by atoms with van der Waals surface area (Å²) >= 11 is 5.89. The second-order valence-electron chi connectivity index (χ2n) is 3.86. The third-order valence-corrected chi connectivity index (χ3v) is 2.84. The quantitative estimate of drug-likeness (QED) is 0.683. The molecule has 0 aliphatic heterocycles. The third-order valence-electron chi connectivity index (χ3n) is 2.41. The molecule has 2 nitrogen and oxygen atoms in total. The van der Waals surface area contributed by atoms with Gasteiger partial charge in [0, 0.05) is 6.61 Å². The summed E-state index contributed by atoms with van der Waals surface area (Å²) in [5, 5.41) is -0.137. The fraction of sp³-hybridized carbons (Fsp3) is 1.00. The minimum Gasteiger partial charge on any atom is -0.375 e. The summed E-state index contributed by atoms with van der Waals surface area (Å²) in [6.07, 6.45) is -4.20. The first-order chi connectivity index (χ1) is 7.44. The normalized spacial score (nSPS) is 30.2. The monoisotopic (exact) mass is 260 g/mol. The molecule has 0 amide bonds. The van der Waals surface area contributed by atoms with Crippen LogP contribution in [0.2, 0.25) is 0 Å². The summed E-state index contributed by atoms with van der Waals surface area (Å²) < 4.78 is 46.1. The van der Waals surface area contributed by atoms with Crippen molar-refractivity contribution in [3.8, 4) is 0 Å². The number of halogens is 4. The lowest BCUT2D eigenvalue weighted by atomic mass is 9.91. The maximum atomic E-state index is 11.9. The zero-order valence-corrected chi connectivity index (χ0v) is 9.85. The molecule has 0 N–H and O–H groups in total. The molecular formula is C10H16ClF3O2. The fourth-order valence-electron chi connectivity index (χ4n) is 1.48. The van der Waals surface area contributed by atoms with Crippen LogP contribution in [-0.4, -0.2) is 37.0 Å². The first-order valence-electron chi connectivity index (χ1n) is 5.38. The topological polar surface area (TPSA) is 18.5 Å². The second-order valence-corrected chi connectivity index (χ2v) is 4.42. The van der Waals surface area contributed by atoms with Crippen molar-refractivity contribution in [3.63, 3.8) is 0 Å². The van der Waals surface area contributed by atoms with E-state index in [2.05, 4.69) is 0 Å². The van der Waals surface area contributed by atoms with E-state index >= 15 is 0 Å². The zero-order chi connectivity index (χ0) is 12.2. The molecule has 1 saturated carbocycles. The number of rotatable bonds is 6. The van der Waals surface area contributed by atoms with Gasteiger partial charge in [0.15, 0.2) is 0 Å². The molecule has 0 spiro atoms. The molecule has 3 unspecified atom stereocenters. The Morgan fingerprint density at radius 2 is 1.94 bits per heavy atom. The summed E-state index contributed by atoms with van der Waals surface area (Å²) in [4.78, 5) is 0. The Bertz CT molecular complexity index is 211. The highest BCUT2D eigenvalue weighted by atomic mass is 35.5. The van der Waals surface area contributed by atoms with E-state index < -0.39 is 12.6 Å². The molecule has 0 bridgehead atoms. The fourth-order valence-corrected chi connectivity index (χ4v) is 1.89. The Morgan fingerprint density at radius 1 is 1.25 bits per heavy atom. The molecule has 0 radical (unpaired) electrons. The van der Waals surface area contributed by atoms with Crippen molar-refractivity contribution in [2.75, 3.05) is 13.2 Å². The van der Waals surface area contributed by atoms with Crippen molar-refractivity contribution in [2.45, 2.75) is 49.9 Å². The SMILES string of the molecule is CCCOC1C(Cl)CC1OCCC(F)(F)F. The molecule has 1 fully saturated rings. The largest absolute Gasteiger partial charge is 0.391 e. The standard InChI is InChI=1S/C10H16ClF3O2/c1-2-4-16-9-7(11)6-8(9)15-5-3-10(12,13)14/h7-9H,2-6H2,1H3. The van der Waals surface area contributed by atoms with Crippen LogP contribution in [0, 0.1) is 0 Å². The molecule has 1 aliphatic rings. The van der Waals surface area contributed by atoms with E-state index in [1.807, 2.05) is 6.92 Å². The number of hydrogen-bond donors (Lipinski definition) is 0. The molecule has 0 aromatic carbocycles. The van der Waals surface area contributed by atoms with Crippen molar-refractivity contribution in [3.05, 3.63) is 0 Å². The molecule has 0 aromatic heterocycles. The van der Waals surface area contributed by atoms with E-state index in [4.69, 9.17) is 21.1 Å². The summed E-state index contributed by atoms with van der Waals surface area (Å²) in [5.41, 5.74) is 0. The molecule has 1 rings (SSSR count). The molecule has 0 aromatic rings. The van der Waals surface area contributed by atoms with Crippen LogP contribution in [0.25, 0.3) is 0 Å². The lowest BCUT2D eigenvalue weighted by Gasteiger charge is -2.40. The van der Waals surface area contributed by atoms with Gasteiger partial charge in [-0.15, -0.1) is 11.6 Å². The van der Waals surface area contributed by atoms with Crippen molar-refractivity contribution >= 4 is 11.6 Å². The Hall–Kier alpha value is -0.0000000000000000555. The highest BCUT2D eigenvalue weighted by molar-refractivity contribution is 6.21. The second kappa shape index (κ2) is 6.07. The summed E-state index contributed by atoms with van der Waals surface area (Å²) in [5.74, 6) is 0. The number of alkyl halides is 4. The Labute approximate surface area is 98.0 Å². The van der Waals surface area contributed by atoms with Crippen molar-refractivity contribution in [2.24, 2.45) is 0 Å². The number of ether oxygens (including phenoxy) is 2. The van der Waals surface area contributed by atoms with Gasteiger partial charge in [0.25, 0.3) is 0 Å². The third kappa shape index (κ3) is 4.47. The molecule has 16 heavy (non-hydrogen) atoms. The lowest BCUT2D eigenvalue weighted by Crippen LogP contribution is -2.51. The molecule has 0 saturated heterocycles. The van der Waals surface area contributed by atoms with Crippen LogP contribution in [0.1, 0.15) is 26.2 Å². The predicted octanol–water partition coefficient (Wildman–Crippen LogP) is 3.13. The maximum absolute atomic E-state index is 11.9. The summed E-state index contributed by atoms with van der Waals surface area (Å²) in [6.45, 7) is 2.21. The van der Waals surface area contributed by atoms with E-state index in [0.717, 1.165) is 6.42 Å². The van der Waals surface area contributed by atoms with Gasteiger partial charge in [-0.2, -0.15) is 13.2 Å². The van der Waals surface area contributed by atoms with Gasteiger partial charge in [0.05, 0.1) is 24.5 Å². The van der Waals surface area contributed by atoms with Crippen LogP contribution in [0.5, 0.6) is 0 Å². The van der Waals surface area contributed by atoms with Crippen LogP contribution in [0.3, 0.4) is 0 Å². The molecular weight excluding hydrogens is 245 g/mol. The van der Waals surface area contributed by atoms with Gasteiger partial charge in [-0.25, -0.2) is 0 Å². The Morgan fingerprint density at radius 3 is 2.44 bits per heavy atom. The van der Waals surface area contributed by atoms with E-state index in [9.17, 15) is 13.2 Å². The van der Waals surface area contributed by atoms with Crippen LogP contribution in [-0.2, 0) is 9.47 Å². The van der Waals surface area contributed by atoms with Crippen LogP contribution < -0.4 is 0 Å². The van der Waals surface area contributed by atoms with Crippen molar-refractivity contribution in [1.82, 2.24) is 0 Å². The first kappa shape index (κ1) is 14.1. The van der Waals surface area contributed by atoms with Gasteiger partial charge >= 0.3 is 6.18 Å². The average Bonchev–Trinajstić information content (AvgIpc) is 2.15. The minimum absolute atomic E-state index is 0.137. The predicted molar refractivity (Wildman–Crippen MR) is 54.7 cm³/mol. The van der Waals surface area contributed by atoms with E-state index in [1.165, 1.54) is 0 Å². The van der Waals surface area contributed by atoms with Crippen LogP contribution in [0.15, 0.2) is 0 Å². The smallest absolute Gasteiger partial charge is 0.375 e. The molecule has 0 heterocycles. The van der Waals surface area contributed by atoms with Crippen LogP contribution >= 0.6 is 11.6 Å². The summed E-state index contributed by atoms with van der Waals surface area (Å²) in [6, 6.07) is 0. The Kier molecular flexibility index (Phi) is 5.34. The molecule has 3 atom stereocenters. The maximum Gasteiger partial charge on any atom is 0.391 e. The molecule has 1 aliphatic carbocycles. The Balaban J connectivity index is 2.17. The average molecular weight is 261 g/mol. The van der Waals surface area contributed by atoms with Gasteiger partial charge in [-0.1, -0.05) is 6.92 Å². The van der Waals surface area contributed by atoms with Gasteiger partial charge in [-0.3, -0.25) is 0 Å². The van der Waals surface area contributed by atoms with Gasteiger partial charge < -0.3 is 9.47 Å². The van der Waals surface area contributed by atoms with Crippen molar-refractivity contribution < 1.29 is 22.6 Å². The first-order valence-corrected chi connectivity index (χ1v) is 5.81. The van der Waals surface area contributed by atoms with Gasteiger partial charge in [-0.05, 0) is 12.8 Å². The highest BCUT2D eigenvalue weighted by Gasteiger charge is 2.42. The van der Waals surface area contributed by atoms with Crippen LogP contribution in [0.4, 0.5) is 13.2 Å². The van der Waals surface area contributed by atoms with E-state index in [0.29, 0.717) is 13.0 Å². The highest BCUT2D eigenvalue weighted by Crippen LogP contribution is 2.32.